The fourth-order valence-electron chi connectivity index (χ4n) is 3.66. The predicted molar refractivity (Wildman–Crippen MR) is 118 cm³/mol. The number of halogens is 1. The topological polar surface area (TPSA) is 76.2 Å². The molecule has 1 aliphatic rings. The van der Waals surface area contributed by atoms with Crippen molar-refractivity contribution in [1.82, 2.24) is 4.90 Å². The number of hydrogen-bond donors (Lipinski definition) is 0. The van der Waals surface area contributed by atoms with E-state index >= 15 is 0 Å². The number of methoxy groups -OCH3 is 2. The molecule has 1 aliphatic heterocycles. The van der Waals surface area contributed by atoms with Crippen LogP contribution in [-0.4, -0.2) is 49.4 Å². The van der Waals surface area contributed by atoms with Crippen molar-refractivity contribution in [2.75, 3.05) is 25.7 Å². The molecule has 7 nitrogen and oxygen atoms in total. The van der Waals surface area contributed by atoms with Crippen molar-refractivity contribution in [3.05, 3.63) is 53.1 Å². The molecule has 2 aromatic carbocycles. The molecule has 0 unspecified atom stereocenters. The van der Waals surface area contributed by atoms with Gasteiger partial charge in [-0.25, -0.2) is 4.90 Å². The minimum Gasteiger partial charge on any atom is -0.493 e. The zero-order valence-corrected chi connectivity index (χ0v) is 18.5. The van der Waals surface area contributed by atoms with Crippen molar-refractivity contribution in [2.45, 2.75) is 32.2 Å². The summed E-state index contributed by atoms with van der Waals surface area (Å²) in [5, 5.41) is 0.511. The van der Waals surface area contributed by atoms with Crippen LogP contribution in [0.4, 0.5) is 5.69 Å². The van der Waals surface area contributed by atoms with Crippen LogP contribution in [0.3, 0.4) is 0 Å². The van der Waals surface area contributed by atoms with Gasteiger partial charge in [-0.3, -0.25) is 14.4 Å². The highest BCUT2D eigenvalue weighted by Crippen LogP contribution is 2.29. The van der Waals surface area contributed by atoms with Gasteiger partial charge in [0.15, 0.2) is 11.5 Å². The van der Waals surface area contributed by atoms with Crippen LogP contribution in [0.15, 0.2) is 42.5 Å². The second-order valence-corrected chi connectivity index (χ2v) is 7.58. The van der Waals surface area contributed by atoms with Gasteiger partial charge in [0.1, 0.15) is 6.04 Å². The monoisotopic (exact) mass is 444 g/mol. The lowest BCUT2D eigenvalue weighted by Crippen LogP contribution is -2.46. The molecular formula is C23H25ClN2O5. The van der Waals surface area contributed by atoms with Crippen LogP contribution in [0.2, 0.25) is 5.02 Å². The summed E-state index contributed by atoms with van der Waals surface area (Å²) < 4.78 is 10.6. The molecule has 1 saturated heterocycles. The van der Waals surface area contributed by atoms with Crippen LogP contribution in [0, 0.1) is 0 Å². The second kappa shape index (κ2) is 9.83. The average Bonchev–Trinajstić information content (AvgIpc) is 3.07. The highest BCUT2D eigenvalue weighted by molar-refractivity contribution is 6.30. The fraction of sp³-hybridized carbons (Fsp3) is 0.348. The molecule has 1 fully saturated rings. The Balaban J connectivity index is 1.79. The first-order chi connectivity index (χ1) is 14.9. The summed E-state index contributed by atoms with van der Waals surface area (Å²) in [6.45, 7) is 2.05. The van der Waals surface area contributed by atoms with Crippen LogP contribution < -0.4 is 14.4 Å². The van der Waals surface area contributed by atoms with E-state index in [-0.39, 0.29) is 24.7 Å². The Morgan fingerprint density at radius 3 is 2.39 bits per heavy atom. The lowest BCUT2D eigenvalue weighted by Gasteiger charge is -2.27. The molecule has 31 heavy (non-hydrogen) atoms. The van der Waals surface area contributed by atoms with E-state index in [9.17, 15) is 14.4 Å². The smallest absolute Gasteiger partial charge is 0.257 e. The molecule has 0 bridgehead atoms. The van der Waals surface area contributed by atoms with Crippen molar-refractivity contribution < 1.29 is 23.9 Å². The number of imide groups is 1. The second-order valence-electron chi connectivity index (χ2n) is 7.14. The number of carbonyl (C=O) groups is 3. The van der Waals surface area contributed by atoms with Gasteiger partial charge in [0.2, 0.25) is 11.8 Å². The van der Waals surface area contributed by atoms with Gasteiger partial charge in [-0.1, -0.05) is 24.6 Å². The molecular weight excluding hydrogens is 420 g/mol. The summed E-state index contributed by atoms with van der Waals surface area (Å²) in [4.78, 5) is 41.0. The Bertz CT molecular complexity index is 976. The van der Waals surface area contributed by atoms with Crippen molar-refractivity contribution in [1.29, 1.82) is 0 Å². The first-order valence-electron chi connectivity index (χ1n) is 10.0. The number of benzene rings is 2. The maximum Gasteiger partial charge on any atom is 0.257 e. The fourth-order valence-corrected chi connectivity index (χ4v) is 3.79. The van der Waals surface area contributed by atoms with E-state index in [1.807, 2.05) is 12.1 Å². The molecule has 1 heterocycles. The zero-order chi connectivity index (χ0) is 22.5. The van der Waals surface area contributed by atoms with Gasteiger partial charge in [-0.15, -0.1) is 0 Å². The first-order valence-corrected chi connectivity index (χ1v) is 10.4. The van der Waals surface area contributed by atoms with Crippen LogP contribution in [-0.2, 0) is 20.8 Å². The highest BCUT2D eigenvalue weighted by atomic mass is 35.5. The first kappa shape index (κ1) is 22.6. The van der Waals surface area contributed by atoms with Gasteiger partial charge in [-0.2, -0.15) is 0 Å². The standard InChI is InChI=1S/C23H25ClN2O5/c1-4-21(27)25(12-11-15-5-10-19(30-2)20(13-15)31-3)18-14-22(28)26(23(18)29)17-8-6-16(24)7-9-17/h5-10,13,18H,4,11-12,14H2,1-3H3/t18-/m1/s1. The third-order valence-electron chi connectivity index (χ3n) is 5.30. The number of carbonyl (C=O) groups excluding carboxylic acids is 3. The van der Waals surface area contributed by atoms with E-state index in [4.69, 9.17) is 21.1 Å². The van der Waals surface area contributed by atoms with Crippen LogP contribution >= 0.6 is 11.6 Å². The zero-order valence-electron chi connectivity index (χ0n) is 17.8. The lowest BCUT2D eigenvalue weighted by atomic mass is 10.1. The molecule has 8 heteroatoms. The number of ether oxygens (including phenoxy) is 2. The maximum atomic E-state index is 13.1. The van der Waals surface area contributed by atoms with Gasteiger partial charge in [0.25, 0.3) is 5.91 Å². The van der Waals surface area contributed by atoms with E-state index in [0.717, 1.165) is 10.5 Å². The number of anilines is 1. The largest absolute Gasteiger partial charge is 0.493 e. The van der Waals surface area contributed by atoms with Gasteiger partial charge < -0.3 is 14.4 Å². The van der Waals surface area contributed by atoms with Crippen LogP contribution in [0.5, 0.6) is 11.5 Å². The number of nitrogens with zero attached hydrogens (tertiary/aromatic N) is 2. The number of hydrogen-bond acceptors (Lipinski definition) is 5. The quantitative estimate of drug-likeness (QED) is 0.583. The maximum absolute atomic E-state index is 13.1. The molecule has 164 valence electrons. The van der Waals surface area contributed by atoms with Crippen molar-refractivity contribution in [3.8, 4) is 11.5 Å². The Kier molecular flexibility index (Phi) is 7.17. The van der Waals surface area contributed by atoms with E-state index in [1.54, 1.807) is 51.5 Å². The summed E-state index contributed by atoms with van der Waals surface area (Å²) in [6.07, 6.45) is 0.703. The number of amides is 3. The minimum atomic E-state index is -0.823. The normalized spacial score (nSPS) is 15.9. The molecule has 0 aromatic heterocycles. The van der Waals surface area contributed by atoms with Gasteiger partial charge in [0, 0.05) is 18.0 Å². The third kappa shape index (κ3) is 4.82. The summed E-state index contributed by atoms with van der Waals surface area (Å²) in [6, 6.07) is 11.2. The molecule has 0 radical (unpaired) electrons. The summed E-state index contributed by atoms with van der Waals surface area (Å²) in [5.41, 5.74) is 1.38. The third-order valence-corrected chi connectivity index (χ3v) is 5.55. The minimum absolute atomic E-state index is 0.0425. The van der Waals surface area contributed by atoms with E-state index < -0.39 is 11.9 Å². The van der Waals surface area contributed by atoms with Crippen molar-refractivity contribution >= 4 is 35.0 Å². The molecule has 1 atom stereocenters. The Labute approximate surface area is 186 Å². The molecule has 0 N–H and O–H groups in total. The van der Waals surface area contributed by atoms with Crippen LogP contribution in [0.25, 0.3) is 0 Å². The average molecular weight is 445 g/mol. The molecule has 2 aromatic rings. The van der Waals surface area contributed by atoms with E-state index in [2.05, 4.69) is 0 Å². The van der Waals surface area contributed by atoms with E-state index in [1.165, 1.54) is 4.90 Å². The summed E-state index contributed by atoms with van der Waals surface area (Å²) in [7, 11) is 3.12. The molecule has 3 rings (SSSR count). The van der Waals surface area contributed by atoms with Gasteiger partial charge >= 0.3 is 0 Å². The van der Waals surface area contributed by atoms with Gasteiger partial charge in [0.05, 0.1) is 26.3 Å². The summed E-state index contributed by atoms with van der Waals surface area (Å²) in [5.74, 6) is 0.292. The molecule has 3 amide bonds. The van der Waals surface area contributed by atoms with Crippen molar-refractivity contribution in [2.24, 2.45) is 0 Å². The SMILES string of the molecule is CCC(=O)N(CCc1ccc(OC)c(OC)c1)[C@@H]1CC(=O)N(c2ccc(Cl)cc2)C1=O. The molecule has 0 saturated carbocycles. The summed E-state index contributed by atoms with van der Waals surface area (Å²) >= 11 is 5.91. The predicted octanol–water partition coefficient (Wildman–Crippen LogP) is 3.47. The molecule has 0 spiro atoms. The van der Waals surface area contributed by atoms with Crippen molar-refractivity contribution in [3.63, 3.8) is 0 Å². The Hall–Kier alpha value is -3.06. The van der Waals surface area contributed by atoms with Gasteiger partial charge in [-0.05, 0) is 48.4 Å². The Morgan fingerprint density at radius 1 is 1.10 bits per heavy atom. The van der Waals surface area contributed by atoms with E-state index in [0.29, 0.717) is 35.2 Å². The number of rotatable bonds is 8. The lowest BCUT2D eigenvalue weighted by molar-refractivity contribution is -0.138. The molecule has 0 aliphatic carbocycles. The Morgan fingerprint density at radius 2 is 1.77 bits per heavy atom. The van der Waals surface area contributed by atoms with Crippen LogP contribution in [0.1, 0.15) is 25.3 Å². The highest BCUT2D eigenvalue weighted by Gasteiger charge is 2.43.